The van der Waals surface area contributed by atoms with Gasteiger partial charge in [0.05, 0.1) is 6.26 Å². The molecule has 2 rings (SSSR count). The van der Waals surface area contributed by atoms with Gasteiger partial charge in [-0.25, -0.2) is 0 Å². The summed E-state index contributed by atoms with van der Waals surface area (Å²) in [6.07, 6.45) is 5.68. The Morgan fingerprint density at radius 3 is 2.31 bits per heavy atom. The summed E-state index contributed by atoms with van der Waals surface area (Å²) >= 11 is 0. The van der Waals surface area contributed by atoms with Gasteiger partial charge in [-0.1, -0.05) is 18.2 Å². The number of rotatable bonds is 3. The zero-order valence-electron chi connectivity index (χ0n) is 9.55. The number of nitrogens with zero attached hydrogens (tertiary/aromatic N) is 1. The molecule has 0 spiro atoms. The van der Waals surface area contributed by atoms with Gasteiger partial charge in [0.2, 0.25) is 0 Å². The van der Waals surface area contributed by atoms with Crippen LogP contribution in [0.5, 0.6) is 0 Å². The molecule has 0 bridgehead atoms. The van der Waals surface area contributed by atoms with E-state index < -0.39 is 0 Å². The van der Waals surface area contributed by atoms with Crippen molar-refractivity contribution in [2.75, 3.05) is 19.0 Å². The first-order chi connectivity index (χ1) is 7.75. The summed E-state index contributed by atoms with van der Waals surface area (Å²) in [6, 6.07) is 12.2. The first-order valence-corrected chi connectivity index (χ1v) is 5.25. The van der Waals surface area contributed by atoms with Crippen LogP contribution in [-0.4, -0.2) is 14.1 Å². The van der Waals surface area contributed by atoms with Crippen LogP contribution in [-0.2, 0) is 0 Å². The second-order valence-electron chi connectivity index (χ2n) is 3.83. The van der Waals surface area contributed by atoms with Crippen molar-refractivity contribution in [1.82, 2.24) is 0 Å². The van der Waals surface area contributed by atoms with Crippen LogP contribution < -0.4 is 4.90 Å². The number of hydrogen-bond acceptors (Lipinski definition) is 2. The van der Waals surface area contributed by atoms with Gasteiger partial charge < -0.3 is 9.32 Å². The predicted octanol–water partition coefficient (Wildman–Crippen LogP) is 3.52. The molecular formula is C14H15NO. The largest absolute Gasteiger partial charge is 0.465 e. The van der Waals surface area contributed by atoms with Crippen LogP contribution in [0.2, 0.25) is 0 Å². The molecule has 82 valence electrons. The second kappa shape index (κ2) is 4.71. The Bertz CT molecular complexity index is 452. The lowest BCUT2D eigenvalue weighted by molar-refractivity contribution is 0.557. The van der Waals surface area contributed by atoms with Crippen molar-refractivity contribution in [2.24, 2.45) is 0 Å². The van der Waals surface area contributed by atoms with E-state index in [9.17, 15) is 0 Å². The lowest BCUT2D eigenvalue weighted by atomic mass is 10.2. The highest BCUT2D eigenvalue weighted by atomic mass is 16.3. The number of anilines is 1. The van der Waals surface area contributed by atoms with Crippen LogP contribution in [0.3, 0.4) is 0 Å². The number of benzene rings is 1. The van der Waals surface area contributed by atoms with E-state index in [1.807, 2.05) is 38.4 Å². The molecule has 16 heavy (non-hydrogen) atoms. The molecule has 0 aliphatic rings. The lowest BCUT2D eigenvalue weighted by Crippen LogP contribution is -2.07. The molecular weight excluding hydrogens is 198 g/mol. The van der Waals surface area contributed by atoms with Gasteiger partial charge >= 0.3 is 0 Å². The third kappa shape index (κ3) is 2.54. The summed E-state index contributed by atoms with van der Waals surface area (Å²) in [6.45, 7) is 0. The maximum atomic E-state index is 5.22. The Labute approximate surface area is 95.8 Å². The second-order valence-corrected chi connectivity index (χ2v) is 3.83. The van der Waals surface area contributed by atoms with E-state index in [1.165, 1.54) is 11.3 Å². The molecule has 1 heterocycles. The van der Waals surface area contributed by atoms with Gasteiger partial charge in [-0.2, -0.15) is 0 Å². The van der Waals surface area contributed by atoms with Gasteiger partial charge in [-0.15, -0.1) is 0 Å². The Morgan fingerprint density at radius 2 is 1.75 bits per heavy atom. The molecule has 0 amide bonds. The van der Waals surface area contributed by atoms with Crippen molar-refractivity contribution in [3.8, 4) is 0 Å². The zero-order chi connectivity index (χ0) is 11.4. The van der Waals surface area contributed by atoms with Gasteiger partial charge in [0.1, 0.15) is 5.76 Å². The van der Waals surface area contributed by atoms with Gasteiger partial charge in [0, 0.05) is 19.8 Å². The topological polar surface area (TPSA) is 16.4 Å². The Morgan fingerprint density at radius 1 is 1.00 bits per heavy atom. The SMILES string of the molecule is CN(C)c1ccc(/C=C/c2ccco2)cc1. The van der Waals surface area contributed by atoms with Crippen molar-refractivity contribution in [1.29, 1.82) is 0 Å². The third-order valence-corrected chi connectivity index (χ3v) is 2.39. The molecule has 0 fully saturated rings. The van der Waals surface area contributed by atoms with Crippen LogP contribution in [0.1, 0.15) is 11.3 Å². The first kappa shape index (κ1) is 10.6. The highest BCUT2D eigenvalue weighted by molar-refractivity contribution is 5.68. The van der Waals surface area contributed by atoms with E-state index in [0.29, 0.717) is 0 Å². The summed E-state index contributed by atoms with van der Waals surface area (Å²) in [5.41, 5.74) is 2.37. The molecule has 2 heteroatoms. The lowest BCUT2D eigenvalue weighted by Gasteiger charge is -2.11. The van der Waals surface area contributed by atoms with Crippen LogP contribution in [0.15, 0.2) is 47.1 Å². The zero-order valence-corrected chi connectivity index (χ0v) is 9.55. The standard InChI is InChI=1S/C14H15NO/c1-15(2)13-8-5-12(6-9-13)7-10-14-4-3-11-16-14/h3-11H,1-2H3/b10-7+. The van der Waals surface area contributed by atoms with Gasteiger partial charge in [-0.05, 0) is 35.9 Å². The molecule has 1 aromatic heterocycles. The van der Waals surface area contributed by atoms with Crippen LogP contribution in [0.25, 0.3) is 12.2 Å². The van der Waals surface area contributed by atoms with Crippen LogP contribution >= 0.6 is 0 Å². The van der Waals surface area contributed by atoms with Gasteiger partial charge in [-0.3, -0.25) is 0 Å². The van der Waals surface area contributed by atoms with E-state index in [0.717, 1.165) is 5.76 Å². The monoisotopic (exact) mass is 213 g/mol. The summed E-state index contributed by atoms with van der Waals surface area (Å²) < 4.78 is 5.22. The van der Waals surface area contributed by atoms with E-state index >= 15 is 0 Å². The fourth-order valence-electron chi connectivity index (χ4n) is 1.45. The molecule has 0 unspecified atom stereocenters. The Kier molecular flexibility index (Phi) is 3.10. The predicted molar refractivity (Wildman–Crippen MR) is 68.4 cm³/mol. The molecule has 2 aromatic rings. The first-order valence-electron chi connectivity index (χ1n) is 5.25. The summed E-state index contributed by atoms with van der Waals surface area (Å²) in [5, 5.41) is 0. The quantitative estimate of drug-likeness (QED) is 0.775. The average Bonchev–Trinajstić information content (AvgIpc) is 2.80. The number of furan rings is 1. The average molecular weight is 213 g/mol. The Balaban J connectivity index is 2.11. The fourth-order valence-corrected chi connectivity index (χ4v) is 1.45. The molecule has 0 saturated carbocycles. The van der Waals surface area contributed by atoms with Crippen molar-refractivity contribution in [3.63, 3.8) is 0 Å². The smallest absolute Gasteiger partial charge is 0.126 e. The van der Waals surface area contributed by atoms with Crippen molar-refractivity contribution < 1.29 is 4.42 Å². The highest BCUT2D eigenvalue weighted by Gasteiger charge is 1.94. The van der Waals surface area contributed by atoms with E-state index in [-0.39, 0.29) is 0 Å². The fraction of sp³-hybridized carbons (Fsp3) is 0.143. The Hall–Kier alpha value is -1.96. The van der Waals surface area contributed by atoms with E-state index in [1.54, 1.807) is 6.26 Å². The van der Waals surface area contributed by atoms with Crippen LogP contribution in [0.4, 0.5) is 5.69 Å². The van der Waals surface area contributed by atoms with Crippen molar-refractivity contribution in [2.45, 2.75) is 0 Å². The minimum Gasteiger partial charge on any atom is -0.465 e. The molecule has 0 atom stereocenters. The summed E-state index contributed by atoms with van der Waals surface area (Å²) in [4.78, 5) is 2.08. The molecule has 2 nitrogen and oxygen atoms in total. The maximum absolute atomic E-state index is 5.22. The molecule has 1 aromatic carbocycles. The number of hydrogen-bond donors (Lipinski definition) is 0. The van der Waals surface area contributed by atoms with Gasteiger partial charge in [0.15, 0.2) is 0 Å². The maximum Gasteiger partial charge on any atom is 0.126 e. The minimum absolute atomic E-state index is 0.872. The summed E-state index contributed by atoms with van der Waals surface area (Å²) in [5.74, 6) is 0.872. The van der Waals surface area contributed by atoms with E-state index in [2.05, 4.69) is 29.2 Å². The molecule has 0 aliphatic heterocycles. The summed E-state index contributed by atoms with van der Waals surface area (Å²) in [7, 11) is 4.07. The highest BCUT2D eigenvalue weighted by Crippen LogP contribution is 2.14. The minimum atomic E-state index is 0.872. The van der Waals surface area contributed by atoms with Gasteiger partial charge in [0.25, 0.3) is 0 Å². The van der Waals surface area contributed by atoms with Crippen LogP contribution in [0, 0.1) is 0 Å². The third-order valence-electron chi connectivity index (χ3n) is 2.39. The molecule has 0 saturated heterocycles. The van der Waals surface area contributed by atoms with Crippen molar-refractivity contribution >= 4 is 17.8 Å². The molecule has 0 radical (unpaired) electrons. The normalized spacial score (nSPS) is 10.9. The molecule has 0 N–H and O–H groups in total. The molecule has 0 aliphatic carbocycles. The van der Waals surface area contributed by atoms with Crippen molar-refractivity contribution in [3.05, 3.63) is 54.0 Å². The van der Waals surface area contributed by atoms with E-state index in [4.69, 9.17) is 4.42 Å².